The Bertz CT molecular complexity index is 1640. The number of halogens is 1. The van der Waals surface area contributed by atoms with E-state index in [1.165, 1.54) is 52.3 Å². The molecule has 2 N–H and O–H groups in total. The second-order valence-corrected chi connectivity index (χ2v) is 11.5. The Balaban J connectivity index is 1.32. The minimum atomic E-state index is -2.84. The average molecular weight is 525 g/mol. The first-order valence-electron chi connectivity index (χ1n) is 11.6. The minimum Gasteiger partial charge on any atom is -0.388 e. The van der Waals surface area contributed by atoms with Crippen LogP contribution in [-0.2, 0) is 16.3 Å². The molecule has 4 aromatic rings. The summed E-state index contributed by atoms with van der Waals surface area (Å²) < 4.78 is 35.6. The van der Waals surface area contributed by atoms with Gasteiger partial charge in [0.25, 0.3) is 11.5 Å². The topological polar surface area (TPSA) is 134 Å². The zero-order valence-electron chi connectivity index (χ0n) is 20.0. The van der Waals surface area contributed by atoms with Crippen molar-refractivity contribution in [1.29, 1.82) is 4.78 Å². The van der Waals surface area contributed by atoms with E-state index in [0.29, 0.717) is 34.9 Å². The second kappa shape index (κ2) is 9.20. The molecule has 1 saturated heterocycles. The molecule has 1 fully saturated rings. The highest BCUT2D eigenvalue weighted by molar-refractivity contribution is 7.91. The molecule has 2 aromatic carbocycles. The number of hydrogen-bond donors (Lipinski definition) is 2. The number of nitrogens with one attached hydrogen (secondary N) is 1. The van der Waals surface area contributed by atoms with E-state index in [4.69, 9.17) is 4.78 Å². The van der Waals surface area contributed by atoms with Crippen molar-refractivity contribution < 1.29 is 18.5 Å². The summed E-state index contributed by atoms with van der Waals surface area (Å²) in [5.41, 5.74) is -0.234. The fraction of sp³-hybridized carbons (Fsp3) is 0.280. The summed E-state index contributed by atoms with van der Waals surface area (Å²) in [4.78, 5) is 32.3. The van der Waals surface area contributed by atoms with Gasteiger partial charge in [0.15, 0.2) is 5.65 Å². The van der Waals surface area contributed by atoms with Crippen molar-refractivity contribution in [2.24, 2.45) is 0 Å². The Morgan fingerprint density at radius 2 is 1.78 bits per heavy atom. The number of hydrogen-bond acceptors (Lipinski definition) is 7. The number of likely N-dealkylation sites (tertiary alicyclic amines) is 1. The molecule has 3 heterocycles. The molecule has 0 bridgehead atoms. The first-order chi connectivity index (χ1) is 17.5. The number of aliphatic hydroxyl groups is 1. The maximum Gasteiger partial charge on any atom is 0.264 e. The van der Waals surface area contributed by atoms with Crippen LogP contribution in [0.4, 0.5) is 4.39 Å². The van der Waals surface area contributed by atoms with Gasteiger partial charge in [0.2, 0.25) is 0 Å². The van der Waals surface area contributed by atoms with Gasteiger partial charge in [0, 0.05) is 29.8 Å². The standard InChI is InChI=1S/C25H25FN6O4S/c1-37(27,36)20-8-6-19(7-9-20)32-22-21(14-29-32)24(34)31(16-28-22)15-25(35)10-12-30(13-11-25)23(33)17-2-4-18(26)5-3-17/h2-9,14,16,27,35H,10-13,15H2,1H3. The average Bonchev–Trinajstić information content (AvgIpc) is 3.31. The normalized spacial score (nSPS) is 17.0. The van der Waals surface area contributed by atoms with E-state index in [0.717, 1.165) is 0 Å². The molecule has 192 valence electrons. The predicted molar refractivity (Wildman–Crippen MR) is 135 cm³/mol. The van der Waals surface area contributed by atoms with Crippen LogP contribution in [0.5, 0.6) is 0 Å². The molecule has 12 heteroatoms. The van der Waals surface area contributed by atoms with E-state index in [1.807, 2.05) is 0 Å². The number of fused-ring (bicyclic) bond motifs is 1. The Morgan fingerprint density at radius 1 is 1.14 bits per heavy atom. The van der Waals surface area contributed by atoms with Crippen LogP contribution in [0.1, 0.15) is 23.2 Å². The number of carbonyl (C=O) groups is 1. The van der Waals surface area contributed by atoms with Gasteiger partial charge in [0.05, 0.1) is 33.8 Å². The third kappa shape index (κ3) is 4.89. The van der Waals surface area contributed by atoms with Crippen LogP contribution in [0.2, 0.25) is 0 Å². The Hall–Kier alpha value is -3.90. The molecule has 1 amide bonds. The van der Waals surface area contributed by atoms with Gasteiger partial charge < -0.3 is 10.0 Å². The number of rotatable bonds is 5. The Morgan fingerprint density at radius 3 is 2.41 bits per heavy atom. The van der Waals surface area contributed by atoms with Crippen molar-refractivity contribution in [3.63, 3.8) is 0 Å². The van der Waals surface area contributed by atoms with Crippen molar-refractivity contribution in [2.45, 2.75) is 29.9 Å². The minimum absolute atomic E-state index is 0.0155. The van der Waals surface area contributed by atoms with Crippen molar-refractivity contribution >= 4 is 26.7 Å². The highest BCUT2D eigenvalue weighted by Gasteiger charge is 2.35. The highest BCUT2D eigenvalue weighted by atomic mass is 32.2. The van der Waals surface area contributed by atoms with Gasteiger partial charge >= 0.3 is 0 Å². The van der Waals surface area contributed by atoms with Gasteiger partial charge in [-0.15, -0.1) is 0 Å². The molecule has 0 aliphatic carbocycles. The van der Waals surface area contributed by atoms with Gasteiger partial charge in [-0.05, 0) is 61.4 Å². The molecule has 5 rings (SSSR count). The molecule has 0 spiro atoms. The number of piperidine rings is 1. The van der Waals surface area contributed by atoms with E-state index in [9.17, 15) is 23.3 Å². The van der Waals surface area contributed by atoms with Gasteiger partial charge in [-0.2, -0.15) is 5.10 Å². The van der Waals surface area contributed by atoms with Crippen molar-refractivity contribution in [1.82, 2.24) is 24.2 Å². The van der Waals surface area contributed by atoms with Gasteiger partial charge in [0.1, 0.15) is 17.5 Å². The summed E-state index contributed by atoms with van der Waals surface area (Å²) in [6.45, 7) is 0.614. The Labute approximate surface area is 212 Å². The monoisotopic (exact) mass is 524 g/mol. The maximum absolute atomic E-state index is 13.2. The van der Waals surface area contributed by atoms with Crippen LogP contribution >= 0.6 is 0 Å². The van der Waals surface area contributed by atoms with Crippen LogP contribution in [0, 0.1) is 10.6 Å². The number of carbonyl (C=O) groups excluding carboxylic acids is 1. The van der Waals surface area contributed by atoms with Gasteiger partial charge in [-0.1, -0.05) is 0 Å². The maximum atomic E-state index is 13.2. The fourth-order valence-electron chi connectivity index (χ4n) is 4.47. The molecule has 1 atom stereocenters. The van der Waals surface area contributed by atoms with E-state index in [2.05, 4.69) is 10.1 Å². The largest absolute Gasteiger partial charge is 0.388 e. The van der Waals surface area contributed by atoms with Crippen LogP contribution in [0.15, 0.2) is 70.7 Å². The molecule has 10 nitrogen and oxygen atoms in total. The first kappa shape index (κ1) is 24.8. The first-order valence-corrected chi connectivity index (χ1v) is 13.6. The summed E-state index contributed by atoms with van der Waals surface area (Å²) in [7, 11) is -2.84. The summed E-state index contributed by atoms with van der Waals surface area (Å²) in [6, 6.07) is 11.8. The summed E-state index contributed by atoms with van der Waals surface area (Å²) in [5, 5.41) is 15.7. The molecule has 2 aromatic heterocycles. The molecule has 0 radical (unpaired) electrons. The third-order valence-corrected chi connectivity index (χ3v) is 7.79. The predicted octanol–water partition coefficient (Wildman–Crippen LogP) is 2.42. The van der Waals surface area contributed by atoms with Gasteiger partial charge in [-0.25, -0.2) is 23.0 Å². The van der Waals surface area contributed by atoms with Crippen LogP contribution in [-0.4, -0.2) is 64.4 Å². The van der Waals surface area contributed by atoms with E-state index >= 15 is 0 Å². The summed E-state index contributed by atoms with van der Waals surface area (Å²) in [6.07, 6.45) is 4.67. The van der Waals surface area contributed by atoms with Crippen molar-refractivity contribution in [2.75, 3.05) is 19.3 Å². The number of aromatic nitrogens is 4. The summed E-state index contributed by atoms with van der Waals surface area (Å²) in [5.74, 6) is -0.646. The van der Waals surface area contributed by atoms with Crippen molar-refractivity contribution in [3.05, 3.63) is 82.8 Å². The molecule has 1 aliphatic rings. The molecule has 1 aliphatic heterocycles. The molecule has 37 heavy (non-hydrogen) atoms. The quantitative estimate of drug-likeness (QED) is 0.412. The second-order valence-electron chi connectivity index (χ2n) is 9.33. The number of amides is 1. The van der Waals surface area contributed by atoms with Crippen LogP contribution in [0.3, 0.4) is 0 Å². The highest BCUT2D eigenvalue weighted by Crippen LogP contribution is 2.25. The number of benzene rings is 2. The lowest BCUT2D eigenvalue weighted by Gasteiger charge is -2.38. The Kier molecular flexibility index (Phi) is 6.16. The zero-order chi connectivity index (χ0) is 26.4. The fourth-order valence-corrected chi connectivity index (χ4v) is 5.13. The number of nitrogens with zero attached hydrogens (tertiary/aromatic N) is 5. The third-order valence-electron chi connectivity index (χ3n) is 6.62. The summed E-state index contributed by atoms with van der Waals surface area (Å²) >= 11 is 0. The zero-order valence-corrected chi connectivity index (χ0v) is 20.8. The smallest absolute Gasteiger partial charge is 0.264 e. The SMILES string of the molecule is CS(=N)(=O)c1ccc(-n2ncc3c(=O)n(CC4(O)CCN(C(=O)c5ccc(F)cc5)CC4)cnc32)cc1. The van der Waals surface area contributed by atoms with Crippen LogP contribution < -0.4 is 5.56 Å². The molecular formula is C25H25FN6O4S. The lowest BCUT2D eigenvalue weighted by atomic mass is 9.91. The van der Waals surface area contributed by atoms with Crippen LogP contribution in [0.25, 0.3) is 16.7 Å². The van der Waals surface area contributed by atoms with E-state index < -0.39 is 21.1 Å². The van der Waals surface area contributed by atoms with Gasteiger partial charge in [-0.3, -0.25) is 14.2 Å². The lowest BCUT2D eigenvalue weighted by molar-refractivity contribution is -0.0299. The van der Waals surface area contributed by atoms with Crippen molar-refractivity contribution in [3.8, 4) is 5.69 Å². The van der Waals surface area contributed by atoms with E-state index in [1.54, 1.807) is 29.2 Å². The molecular weight excluding hydrogens is 499 g/mol. The molecule has 0 saturated carbocycles. The van der Waals surface area contributed by atoms with E-state index in [-0.39, 0.29) is 36.2 Å². The molecule has 1 unspecified atom stereocenters. The lowest BCUT2D eigenvalue weighted by Crippen LogP contribution is -2.49.